The molecule has 0 N–H and O–H groups in total. The Labute approximate surface area is 213 Å². The van der Waals surface area contributed by atoms with Gasteiger partial charge in [0, 0.05) is 0 Å². The van der Waals surface area contributed by atoms with Crippen molar-refractivity contribution in [2.45, 2.75) is 58.3 Å². The van der Waals surface area contributed by atoms with Crippen LogP contribution in [0.4, 0.5) is 4.79 Å². The number of hydrogen-bond donors (Lipinski definition) is 0. The zero-order chi connectivity index (χ0) is 26.4. The largest absolute Gasteiger partial charge is 0.513 e. The molecule has 194 valence electrons. The van der Waals surface area contributed by atoms with Crippen molar-refractivity contribution in [2.75, 3.05) is 21.3 Å². The molecule has 0 radical (unpaired) electrons. The van der Waals surface area contributed by atoms with Crippen LogP contribution in [0.15, 0.2) is 36.4 Å². The van der Waals surface area contributed by atoms with E-state index in [4.69, 9.17) is 22.4 Å². The molecule has 2 rings (SSSR count). The Kier molecular flexibility index (Phi) is 9.77. The van der Waals surface area contributed by atoms with Crippen molar-refractivity contribution in [3.8, 4) is 17.2 Å². The maximum Gasteiger partial charge on any atom is 0.513 e. The smallest absolute Gasteiger partial charge is 0.496 e. The Morgan fingerprint density at radius 2 is 1.20 bits per heavy atom. The van der Waals surface area contributed by atoms with Gasteiger partial charge in [0.05, 0.1) is 21.3 Å². The molecule has 10 heteroatoms. The minimum atomic E-state index is -2.40. The van der Waals surface area contributed by atoms with E-state index in [0.717, 1.165) is 29.0 Å². The lowest BCUT2D eigenvalue weighted by Gasteiger charge is -2.39. The van der Waals surface area contributed by atoms with Crippen molar-refractivity contribution >= 4 is 31.4 Å². The second-order valence-electron chi connectivity index (χ2n) is 10.3. The van der Waals surface area contributed by atoms with Gasteiger partial charge in [-0.1, -0.05) is 18.2 Å². The molecule has 0 unspecified atom stereocenters. The summed E-state index contributed by atoms with van der Waals surface area (Å²) in [5.74, 6) is 1.71. The quantitative estimate of drug-likeness (QED) is 0.193. The lowest BCUT2D eigenvalue weighted by molar-refractivity contribution is 0.120. The molecule has 0 aromatic heterocycles. The monoisotopic (exact) mass is 536 g/mol. The molecule has 0 aliphatic carbocycles. The van der Waals surface area contributed by atoms with Crippen LogP contribution in [0.3, 0.4) is 0 Å². The molecule has 2 aromatic carbocycles. The minimum absolute atomic E-state index is 0.321. The van der Waals surface area contributed by atoms with Crippen molar-refractivity contribution in [1.29, 1.82) is 0 Å². The predicted molar refractivity (Wildman–Crippen MR) is 146 cm³/mol. The van der Waals surface area contributed by atoms with Gasteiger partial charge < -0.3 is 27.2 Å². The topological polar surface area (TPSA) is 72.5 Å². The molecule has 0 amide bonds. The van der Waals surface area contributed by atoms with Gasteiger partial charge in [-0.05, 0) is 93.2 Å². The molecule has 0 heterocycles. The molecule has 0 saturated carbocycles. The third kappa shape index (κ3) is 9.12. The summed E-state index contributed by atoms with van der Waals surface area (Å²) in [6.07, 6.45) is -0.783. The molecule has 0 bridgehead atoms. The summed E-state index contributed by atoms with van der Waals surface area (Å²) in [6, 6.07) is 13.6. The number of carbonyl (C=O) groups is 1. The lowest BCUT2D eigenvalue weighted by Crippen LogP contribution is -2.54. The van der Waals surface area contributed by atoms with Crippen LogP contribution in [0, 0.1) is 6.92 Å². The standard InChI is InChI=1S/C25H40O7Si3/c1-19-11-12-20(15-23(19)27-2)17-33(5,6)31-35(9,10)32-34(7,8)18-21-13-14-22(24(16-21)28-3)30-25(26)29-4/h11-16H,17-18H2,1-10H3. The van der Waals surface area contributed by atoms with Crippen LogP contribution in [0.25, 0.3) is 0 Å². The average Bonchev–Trinajstić information content (AvgIpc) is 2.73. The molecular formula is C25H40O7Si3. The number of carbonyl (C=O) groups excluding carboxylic acids is 1. The third-order valence-electron chi connectivity index (χ3n) is 5.36. The second kappa shape index (κ2) is 11.7. The fourth-order valence-electron chi connectivity index (χ4n) is 4.42. The highest BCUT2D eigenvalue weighted by Gasteiger charge is 2.40. The normalized spacial score (nSPS) is 12.3. The van der Waals surface area contributed by atoms with Gasteiger partial charge in [-0.3, -0.25) is 0 Å². The summed E-state index contributed by atoms with van der Waals surface area (Å²) in [4.78, 5) is 11.5. The summed E-state index contributed by atoms with van der Waals surface area (Å²) in [5, 5.41) is 0. The van der Waals surface area contributed by atoms with Gasteiger partial charge in [0.25, 0.3) is 0 Å². The summed E-state index contributed by atoms with van der Waals surface area (Å²) < 4.78 is 34.2. The molecule has 0 aliphatic rings. The highest BCUT2D eigenvalue weighted by molar-refractivity contribution is 6.87. The molecule has 0 atom stereocenters. The first-order valence-electron chi connectivity index (χ1n) is 11.7. The van der Waals surface area contributed by atoms with Gasteiger partial charge in [0.15, 0.2) is 28.1 Å². The number of hydrogen-bond acceptors (Lipinski definition) is 7. The molecular weight excluding hydrogens is 497 g/mol. The molecule has 0 fully saturated rings. The molecule has 0 aliphatic heterocycles. The van der Waals surface area contributed by atoms with Gasteiger partial charge >= 0.3 is 14.7 Å². The van der Waals surface area contributed by atoms with E-state index >= 15 is 0 Å². The fraction of sp³-hybridized carbons (Fsp3) is 0.480. The number of benzene rings is 2. The van der Waals surface area contributed by atoms with Crippen LogP contribution in [0.2, 0.25) is 39.3 Å². The van der Waals surface area contributed by atoms with E-state index < -0.39 is 31.4 Å². The Bertz CT molecular complexity index is 1020. The highest BCUT2D eigenvalue weighted by atomic mass is 28.5. The number of aryl methyl sites for hydroxylation is 1. The van der Waals surface area contributed by atoms with E-state index in [2.05, 4.69) is 62.2 Å². The second-order valence-corrected chi connectivity index (χ2v) is 22.5. The highest BCUT2D eigenvalue weighted by Crippen LogP contribution is 2.31. The maximum atomic E-state index is 11.5. The minimum Gasteiger partial charge on any atom is -0.496 e. The van der Waals surface area contributed by atoms with Crippen LogP contribution in [0.5, 0.6) is 17.2 Å². The van der Waals surface area contributed by atoms with Gasteiger partial charge in [0.2, 0.25) is 0 Å². The first-order valence-corrected chi connectivity index (χ1v) is 20.7. The molecule has 0 saturated heterocycles. The SMILES string of the molecule is COC(=O)Oc1ccc(C[Si](C)(C)O[Si](C)(C)O[Si](C)(C)Cc2ccc(C)c(OC)c2)cc1OC. The molecule has 35 heavy (non-hydrogen) atoms. The number of ether oxygens (including phenoxy) is 4. The maximum absolute atomic E-state index is 11.5. The zero-order valence-corrected chi connectivity index (χ0v) is 25.7. The summed E-state index contributed by atoms with van der Waals surface area (Å²) in [6.45, 7) is 15.2. The Morgan fingerprint density at radius 1 is 0.714 bits per heavy atom. The number of rotatable bonds is 11. The fourth-order valence-corrected chi connectivity index (χ4v) is 18.6. The summed E-state index contributed by atoms with van der Waals surface area (Å²) in [5.41, 5.74) is 3.42. The van der Waals surface area contributed by atoms with Gasteiger partial charge in [0.1, 0.15) is 5.75 Å². The van der Waals surface area contributed by atoms with Gasteiger partial charge in [-0.15, -0.1) is 0 Å². The van der Waals surface area contributed by atoms with Crippen molar-refractivity contribution in [3.63, 3.8) is 0 Å². The van der Waals surface area contributed by atoms with Crippen molar-refractivity contribution < 1.29 is 32.0 Å². The van der Waals surface area contributed by atoms with E-state index in [1.54, 1.807) is 20.3 Å². The average molecular weight is 537 g/mol. The Hall–Kier alpha value is -2.12. The zero-order valence-electron chi connectivity index (χ0n) is 22.7. The first-order chi connectivity index (χ1) is 16.2. The number of methoxy groups -OCH3 is 3. The van der Waals surface area contributed by atoms with Gasteiger partial charge in [-0.2, -0.15) is 0 Å². The summed E-state index contributed by atoms with van der Waals surface area (Å²) >= 11 is 0. The van der Waals surface area contributed by atoms with E-state index in [1.807, 2.05) is 19.1 Å². The van der Waals surface area contributed by atoms with Crippen LogP contribution >= 0.6 is 0 Å². The van der Waals surface area contributed by atoms with Crippen molar-refractivity contribution in [1.82, 2.24) is 0 Å². The van der Waals surface area contributed by atoms with Crippen LogP contribution in [-0.4, -0.2) is 52.7 Å². The van der Waals surface area contributed by atoms with Crippen LogP contribution < -0.4 is 14.2 Å². The van der Waals surface area contributed by atoms with Crippen molar-refractivity contribution in [3.05, 3.63) is 53.1 Å². The third-order valence-corrected chi connectivity index (χ3v) is 16.2. The predicted octanol–water partition coefficient (Wildman–Crippen LogP) is 6.17. The van der Waals surface area contributed by atoms with Crippen molar-refractivity contribution in [2.24, 2.45) is 0 Å². The first kappa shape index (κ1) is 29.1. The molecule has 2 aromatic rings. The van der Waals surface area contributed by atoms with E-state index in [1.165, 1.54) is 12.7 Å². The summed E-state index contributed by atoms with van der Waals surface area (Å²) in [7, 11) is -2.06. The van der Waals surface area contributed by atoms with E-state index in [9.17, 15) is 4.79 Å². The van der Waals surface area contributed by atoms with Crippen LogP contribution in [0.1, 0.15) is 16.7 Å². The lowest BCUT2D eigenvalue weighted by atomic mass is 10.1. The van der Waals surface area contributed by atoms with E-state index in [-0.39, 0.29) is 0 Å². The van der Waals surface area contributed by atoms with Crippen LogP contribution in [-0.2, 0) is 25.1 Å². The Morgan fingerprint density at radius 3 is 1.69 bits per heavy atom. The Balaban J connectivity index is 2.09. The van der Waals surface area contributed by atoms with Gasteiger partial charge in [-0.25, -0.2) is 4.79 Å². The van der Waals surface area contributed by atoms with E-state index in [0.29, 0.717) is 11.5 Å². The molecule has 7 nitrogen and oxygen atoms in total. The molecule has 0 spiro atoms.